The molecule has 26 heavy (non-hydrogen) atoms. The molecule has 1 unspecified atom stereocenters. The largest absolute Gasteiger partial charge is 0.325 e. The second-order valence-electron chi connectivity index (χ2n) is 6.61. The second-order valence-corrected chi connectivity index (χ2v) is 6.61. The van der Waals surface area contributed by atoms with Crippen molar-refractivity contribution in [2.75, 3.05) is 31.5 Å². The Morgan fingerprint density at radius 2 is 2.08 bits per heavy atom. The maximum atomic E-state index is 13.6. The van der Waals surface area contributed by atoms with Crippen LogP contribution in [0.5, 0.6) is 0 Å². The van der Waals surface area contributed by atoms with Gasteiger partial charge < -0.3 is 10.6 Å². The van der Waals surface area contributed by atoms with E-state index in [0.717, 1.165) is 29.9 Å². The van der Waals surface area contributed by atoms with Gasteiger partial charge in [0, 0.05) is 31.4 Å². The van der Waals surface area contributed by atoms with E-state index >= 15 is 0 Å². The number of nitrogens with one attached hydrogen (secondary N) is 2. The van der Waals surface area contributed by atoms with Gasteiger partial charge in [-0.2, -0.15) is 0 Å². The summed E-state index contributed by atoms with van der Waals surface area (Å²) in [4.78, 5) is 14.6. The fraction of sp³-hybridized carbons (Fsp3) is 0.350. The van der Waals surface area contributed by atoms with Crippen LogP contribution in [0.2, 0.25) is 0 Å². The molecule has 0 saturated carbocycles. The van der Waals surface area contributed by atoms with Crippen molar-refractivity contribution < 1.29 is 9.18 Å². The first-order valence-corrected chi connectivity index (χ1v) is 8.60. The Morgan fingerprint density at radius 1 is 1.27 bits per heavy atom. The number of hydrogen-bond donors (Lipinski definition) is 2. The third-order valence-corrected chi connectivity index (χ3v) is 4.59. The Bertz CT molecular complexity index is 768. The van der Waals surface area contributed by atoms with E-state index in [1.165, 1.54) is 11.6 Å². The van der Waals surface area contributed by atoms with E-state index in [4.69, 9.17) is 0 Å². The number of carbonyl (C=O) groups excluding carboxylic acids is 1. The molecule has 0 aliphatic carbocycles. The van der Waals surface area contributed by atoms with E-state index in [-0.39, 0.29) is 36.7 Å². The van der Waals surface area contributed by atoms with E-state index in [0.29, 0.717) is 6.54 Å². The molecule has 1 amide bonds. The molecule has 1 atom stereocenters. The highest BCUT2D eigenvalue weighted by Gasteiger charge is 2.25. The molecule has 1 aliphatic rings. The number of halogens is 2. The molecule has 140 valence electrons. The third kappa shape index (κ3) is 5.04. The zero-order valence-electron chi connectivity index (χ0n) is 15.1. The Hall–Kier alpha value is -1.95. The number of carbonyl (C=O) groups is 1. The van der Waals surface area contributed by atoms with E-state index in [1.807, 2.05) is 32.0 Å². The highest BCUT2D eigenvalue weighted by atomic mass is 35.5. The summed E-state index contributed by atoms with van der Waals surface area (Å²) in [5.74, 6) is -0.294. The Kier molecular flexibility index (Phi) is 7.14. The topological polar surface area (TPSA) is 44.4 Å². The predicted molar refractivity (Wildman–Crippen MR) is 105 cm³/mol. The van der Waals surface area contributed by atoms with Crippen LogP contribution in [-0.2, 0) is 4.79 Å². The van der Waals surface area contributed by atoms with E-state index in [9.17, 15) is 9.18 Å². The fourth-order valence-electron chi connectivity index (χ4n) is 3.31. The lowest BCUT2D eigenvalue weighted by atomic mass is 10.0. The first kappa shape index (κ1) is 20.4. The first-order valence-electron chi connectivity index (χ1n) is 8.60. The van der Waals surface area contributed by atoms with Gasteiger partial charge in [0.15, 0.2) is 0 Å². The highest BCUT2D eigenvalue weighted by Crippen LogP contribution is 2.23. The minimum absolute atomic E-state index is 0. The van der Waals surface area contributed by atoms with Crippen molar-refractivity contribution >= 4 is 24.0 Å². The zero-order valence-corrected chi connectivity index (χ0v) is 15.9. The first-order chi connectivity index (χ1) is 12.0. The average Bonchev–Trinajstić information content (AvgIpc) is 2.58. The fourth-order valence-corrected chi connectivity index (χ4v) is 3.31. The zero-order chi connectivity index (χ0) is 17.8. The lowest BCUT2D eigenvalue weighted by Crippen LogP contribution is -2.48. The minimum atomic E-state index is -0.247. The molecule has 1 heterocycles. The van der Waals surface area contributed by atoms with Crippen LogP contribution >= 0.6 is 12.4 Å². The van der Waals surface area contributed by atoms with E-state index < -0.39 is 0 Å². The summed E-state index contributed by atoms with van der Waals surface area (Å²) in [7, 11) is 0. The number of amides is 1. The van der Waals surface area contributed by atoms with E-state index in [1.54, 1.807) is 12.1 Å². The van der Waals surface area contributed by atoms with Crippen molar-refractivity contribution in [1.29, 1.82) is 0 Å². The van der Waals surface area contributed by atoms with Crippen molar-refractivity contribution in [2.45, 2.75) is 19.9 Å². The minimum Gasteiger partial charge on any atom is -0.325 e. The summed E-state index contributed by atoms with van der Waals surface area (Å²) < 4.78 is 13.6. The van der Waals surface area contributed by atoms with Gasteiger partial charge in [-0.25, -0.2) is 4.39 Å². The Labute approximate surface area is 160 Å². The summed E-state index contributed by atoms with van der Waals surface area (Å²) in [6.45, 7) is 6.59. The number of aryl methyl sites for hydroxylation is 2. The summed E-state index contributed by atoms with van der Waals surface area (Å²) >= 11 is 0. The van der Waals surface area contributed by atoms with Crippen molar-refractivity contribution in [1.82, 2.24) is 10.2 Å². The SMILES string of the molecule is Cc1ccc(NC(=O)CN2CCNCC2c2cccc(F)c2)c(C)c1.Cl. The molecule has 1 saturated heterocycles. The molecule has 6 heteroatoms. The van der Waals surface area contributed by atoms with Crippen molar-refractivity contribution in [3.05, 3.63) is 65.0 Å². The van der Waals surface area contributed by atoms with Gasteiger partial charge in [-0.05, 0) is 43.2 Å². The smallest absolute Gasteiger partial charge is 0.238 e. The van der Waals surface area contributed by atoms with Crippen LogP contribution in [-0.4, -0.2) is 37.0 Å². The summed E-state index contributed by atoms with van der Waals surface area (Å²) in [5.41, 5.74) is 3.96. The Balaban J connectivity index is 0.00000243. The summed E-state index contributed by atoms with van der Waals surface area (Å²) in [5, 5.41) is 6.32. The molecule has 0 bridgehead atoms. The molecular formula is C20H25ClFN3O. The molecule has 1 aliphatic heterocycles. The lowest BCUT2D eigenvalue weighted by Gasteiger charge is -2.36. The maximum absolute atomic E-state index is 13.6. The van der Waals surface area contributed by atoms with Crippen LogP contribution in [0.1, 0.15) is 22.7 Å². The van der Waals surface area contributed by atoms with Gasteiger partial charge in [0.2, 0.25) is 5.91 Å². The molecular weight excluding hydrogens is 353 g/mol. The van der Waals surface area contributed by atoms with Crippen molar-refractivity contribution in [3.8, 4) is 0 Å². The summed E-state index contributed by atoms with van der Waals surface area (Å²) in [6.07, 6.45) is 0. The molecule has 0 radical (unpaired) electrons. The lowest BCUT2D eigenvalue weighted by molar-refractivity contribution is -0.118. The number of rotatable bonds is 4. The Morgan fingerprint density at radius 3 is 2.81 bits per heavy atom. The van der Waals surface area contributed by atoms with Crippen LogP contribution in [0, 0.1) is 19.7 Å². The molecule has 3 rings (SSSR count). The quantitative estimate of drug-likeness (QED) is 0.857. The number of nitrogens with zero attached hydrogens (tertiary/aromatic N) is 1. The standard InChI is InChI=1S/C20H24FN3O.ClH/c1-14-6-7-18(15(2)10-14)23-20(25)13-24-9-8-22-12-19(24)16-4-3-5-17(21)11-16;/h3-7,10-11,19,22H,8-9,12-13H2,1-2H3,(H,23,25);1H. The van der Waals surface area contributed by atoms with Gasteiger partial charge in [-0.3, -0.25) is 9.69 Å². The number of piperazine rings is 1. The summed E-state index contributed by atoms with van der Waals surface area (Å²) in [6, 6.07) is 12.6. The van der Waals surface area contributed by atoms with Gasteiger partial charge in [-0.1, -0.05) is 29.8 Å². The highest BCUT2D eigenvalue weighted by molar-refractivity contribution is 5.93. The predicted octanol–water partition coefficient (Wildman–Crippen LogP) is 3.45. The van der Waals surface area contributed by atoms with Crippen LogP contribution < -0.4 is 10.6 Å². The molecule has 2 aromatic rings. The van der Waals surface area contributed by atoms with Gasteiger partial charge in [-0.15, -0.1) is 12.4 Å². The average molecular weight is 378 g/mol. The molecule has 4 nitrogen and oxygen atoms in total. The van der Waals surface area contributed by atoms with Gasteiger partial charge in [0.1, 0.15) is 5.82 Å². The number of anilines is 1. The molecule has 0 aromatic heterocycles. The van der Waals surface area contributed by atoms with Gasteiger partial charge in [0.25, 0.3) is 0 Å². The monoisotopic (exact) mass is 377 g/mol. The maximum Gasteiger partial charge on any atom is 0.238 e. The van der Waals surface area contributed by atoms with Crippen molar-refractivity contribution in [3.63, 3.8) is 0 Å². The second kappa shape index (κ2) is 9.12. The van der Waals surface area contributed by atoms with Gasteiger partial charge in [0.05, 0.1) is 6.54 Å². The number of benzene rings is 2. The van der Waals surface area contributed by atoms with Crippen LogP contribution in [0.4, 0.5) is 10.1 Å². The van der Waals surface area contributed by atoms with Crippen molar-refractivity contribution in [2.24, 2.45) is 0 Å². The molecule has 1 fully saturated rings. The molecule has 0 spiro atoms. The normalized spacial score (nSPS) is 17.4. The van der Waals surface area contributed by atoms with Crippen LogP contribution in [0.15, 0.2) is 42.5 Å². The van der Waals surface area contributed by atoms with Crippen LogP contribution in [0.3, 0.4) is 0 Å². The molecule has 2 N–H and O–H groups in total. The van der Waals surface area contributed by atoms with Gasteiger partial charge >= 0.3 is 0 Å². The number of hydrogen-bond acceptors (Lipinski definition) is 3. The molecule has 2 aromatic carbocycles. The van der Waals surface area contributed by atoms with Crippen LogP contribution in [0.25, 0.3) is 0 Å². The third-order valence-electron chi connectivity index (χ3n) is 4.59. The van der Waals surface area contributed by atoms with E-state index in [2.05, 4.69) is 21.6 Å².